The van der Waals surface area contributed by atoms with Gasteiger partial charge in [0.25, 0.3) is 0 Å². The third-order valence-corrected chi connectivity index (χ3v) is 5.62. The minimum Gasteiger partial charge on any atom is -0.496 e. The van der Waals surface area contributed by atoms with Crippen molar-refractivity contribution in [1.29, 1.82) is 0 Å². The van der Waals surface area contributed by atoms with E-state index in [2.05, 4.69) is 10.0 Å². The largest absolute Gasteiger partial charge is 0.496 e. The van der Waals surface area contributed by atoms with Crippen LogP contribution in [-0.4, -0.2) is 27.5 Å². The number of amides is 1. The number of carbonyl (C=O) groups excluding carboxylic acids is 1. The van der Waals surface area contributed by atoms with Crippen LogP contribution in [0.2, 0.25) is 5.02 Å². The van der Waals surface area contributed by atoms with Gasteiger partial charge >= 0.3 is 0 Å². The Morgan fingerprint density at radius 2 is 1.81 bits per heavy atom. The second-order valence-electron chi connectivity index (χ2n) is 5.92. The summed E-state index contributed by atoms with van der Waals surface area (Å²) in [5.74, 6) is 0.122. The van der Waals surface area contributed by atoms with E-state index in [1.807, 2.05) is 0 Å². The lowest BCUT2D eigenvalue weighted by atomic mass is 10.2. The molecule has 0 fully saturated rings. The van der Waals surface area contributed by atoms with Gasteiger partial charge in [0, 0.05) is 10.7 Å². The SMILES string of the molecule is COc1ccc(S(=O)(=O)NC(C)C(=O)Nc2ccc(Cl)cc2C)cc1C. The van der Waals surface area contributed by atoms with E-state index in [0.717, 1.165) is 5.56 Å². The molecule has 0 saturated heterocycles. The molecule has 0 aliphatic carbocycles. The van der Waals surface area contributed by atoms with Crippen molar-refractivity contribution in [3.05, 3.63) is 52.5 Å². The summed E-state index contributed by atoms with van der Waals surface area (Å²) in [5, 5.41) is 3.26. The molecule has 140 valence electrons. The van der Waals surface area contributed by atoms with Crippen LogP contribution >= 0.6 is 11.6 Å². The van der Waals surface area contributed by atoms with Gasteiger partial charge < -0.3 is 10.1 Å². The van der Waals surface area contributed by atoms with Crippen LogP contribution in [-0.2, 0) is 14.8 Å². The summed E-state index contributed by atoms with van der Waals surface area (Å²) in [7, 11) is -2.33. The van der Waals surface area contributed by atoms with Crippen molar-refractivity contribution < 1.29 is 17.9 Å². The molecule has 0 spiro atoms. The molecule has 0 bridgehead atoms. The smallest absolute Gasteiger partial charge is 0.242 e. The number of methoxy groups -OCH3 is 1. The minimum absolute atomic E-state index is 0.0677. The van der Waals surface area contributed by atoms with Gasteiger partial charge in [-0.3, -0.25) is 4.79 Å². The van der Waals surface area contributed by atoms with Gasteiger partial charge in [-0.05, 0) is 68.3 Å². The molecule has 0 heterocycles. The number of halogens is 1. The van der Waals surface area contributed by atoms with Crippen molar-refractivity contribution in [2.24, 2.45) is 0 Å². The molecule has 1 atom stereocenters. The summed E-state index contributed by atoms with van der Waals surface area (Å²) in [6.45, 7) is 5.03. The molecule has 0 aliphatic heterocycles. The topological polar surface area (TPSA) is 84.5 Å². The molecule has 6 nitrogen and oxygen atoms in total. The average Bonchev–Trinajstić information content (AvgIpc) is 2.56. The normalized spacial score (nSPS) is 12.5. The zero-order valence-corrected chi connectivity index (χ0v) is 16.5. The average molecular weight is 397 g/mol. The number of sulfonamides is 1. The van der Waals surface area contributed by atoms with Crippen molar-refractivity contribution in [3.63, 3.8) is 0 Å². The van der Waals surface area contributed by atoms with Gasteiger partial charge in [0.05, 0.1) is 18.0 Å². The highest BCUT2D eigenvalue weighted by Gasteiger charge is 2.23. The van der Waals surface area contributed by atoms with Crippen LogP contribution in [0.5, 0.6) is 5.75 Å². The molecule has 8 heteroatoms. The van der Waals surface area contributed by atoms with Gasteiger partial charge in [-0.25, -0.2) is 8.42 Å². The lowest BCUT2D eigenvalue weighted by molar-refractivity contribution is -0.117. The van der Waals surface area contributed by atoms with Crippen LogP contribution in [0.1, 0.15) is 18.1 Å². The lowest BCUT2D eigenvalue weighted by Gasteiger charge is -2.16. The van der Waals surface area contributed by atoms with Gasteiger partial charge in [-0.1, -0.05) is 11.6 Å². The number of hydrogen-bond acceptors (Lipinski definition) is 4. The maximum Gasteiger partial charge on any atom is 0.242 e. The summed E-state index contributed by atoms with van der Waals surface area (Å²) in [5.41, 5.74) is 2.04. The molecule has 0 saturated carbocycles. The Bertz CT molecular complexity index is 929. The monoisotopic (exact) mass is 396 g/mol. The first-order valence-electron chi connectivity index (χ1n) is 7.88. The van der Waals surface area contributed by atoms with Gasteiger partial charge in [-0.15, -0.1) is 0 Å². The standard InChI is InChI=1S/C18H21ClN2O4S/c1-11-9-14(19)5-7-16(11)20-18(22)13(3)21-26(23,24)15-6-8-17(25-4)12(2)10-15/h5-10,13,21H,1-4H3,(H,20,22). The van der Waals surface area contributed by atoms with Gasteiger partial charge in [0.15, 0.2) is 0 Å². The van der Waals surface area contributed by atoms with E-state index in [9.17, 15) is 13.2 Å². The number of hydrogen-bond donors (Lipinski definition) is 2. The van der Waals surface area contributed by atoms with Gasteiger partial charge in [0.2, 0.25) is 15.9 Å². The Balaban J connectivity index is 2.13. The summed E-state index contributed by atoms with van der Waals surface area (Å²) >= 11 is 5.89. The van der Waals surface area contributed by atoms with Crippen LogP contribution in [0.4, 0.5) is 5.69 Å². The quantitative estimate of drug-likeness (QED) is 0.784. The summed E-state index contributed by atoms with van der Waals surface area (Å²) in [6, 6.07) is 8.58. The highest BCUT2D eigenvalue weighted by Crippen LogP contribution is 2.22. The lowest BCUT2D eigenvalue weighted by Crippen LogP contribution is -2.41. The predicted octanol–water partition coefficient (Wildman–Crippen LogP) is 3.27. The van der Waals surface area contributed by atoms with Crippen LogP contribution in [0.25, 0.3) is 0 Å². The Morgan fingerprint density at radius 3 is 2.38 bits per heavy atom. The van der Waals surface area contributed by atoms with Crippen LogP contribution in [0.3, 0.4) is 0 Å². The molecule has 1 amide bonds. The molecule has 2 rings (SSSR count). The third-order valence-electron chi connectivity index (χ3n) is 3.85. The second kappa shape index (κ2) is 8.07. The highest BCUT2D eigenvalue weighted by atomic mass is 35.5. The number of ether oxygens (including phenoxy) is 1. The Morgan fingerprint density at radius 1 is 1.12 bits per heavy atom. The number of anilines is 1. The van der Waals surface area contributed by atoms with Gasteiger partial charge in [-0.2, -0.15) is 4.72 Å². The Hall–Kier alpha value is -2.09. The summed E-state index contributed by atoms with van der Waals surface area (Å²) < 4.78 is 32.5. The van der Waals surface area contributed by atoms with E-state index >= 15 is 0 Å². The summed E-state index contributed by atoms with van der Waals surface area (Å²) in [6.07, 6.45) is 0. The van der Waals surface area contributed by atoms with Crippen molar-refractivity contribution in [3.8, 4) is 5.75 Å². The fourth-order valence-electron chi connectivity index (χ4n) is 2.38. The second-order valence-corrected chi connectivity index (χ2v) is 8.07. The van der Waals surface area contributed by atoms with E-state index in [-0.39, 0.29) is 4.90 Å². The summed E-state index contributed by atoms with van der Waals surface area (Å²) in [4.78, 5) is 12.4. The first-order valence-corrected chi connectivity index (χ1v) is 9.74. The van der Waals surface area contributed by atoms with E-state index in [1.54, 1.807) is 38.1 Å². The molecule has 26 heavy (non-hydrogen) atoms. The van der Waals surface area contributed by atoms with Crippen molar-refractivity contribution in [1.82, 2.24) is 4.72 Å². The first kappa shape index (κ1) is 20.2. The Kier molecular flexibility index (Phi) is 6.28. The molecule has 0 aliphatic rings. The number of benzene rings is 2. The van der Waals surface area contributed by atoms with Crippen molar-refractivity contribution in [2.45, 2.75) is 31.7 Å². The first-order chi connectivity index (χ1) is 12.1. The van der Waals surface area contributed by atoms with E-state index in [4.69, 9.17) is 16.3 Å². The molecule has 2 aromatic carbocycles. The molecule has 2 aromatic rings. The molecule has 0 radical (unpaired) electrons. The number of carbonyl (C=O) groups is 1. The van der Waals surface area contributed by atoms with Crippen molar-refractivity contribution >= 4 is 33.2 Å². The van der Waals surface area contributed by atoms with Crippen LogP contribution in [0.15, 0.2) is 41.3 Å². The molecule has 2 N–H and O–H groups in total. The highest BCUT2D eigenvalue weighted by molar-refractivity contribution is 7.89. The molecular weight excluding hydrogens is 376 g/mol. The molecular formula is C18H21ClN2O4S. The Labute approximate surface area is 158 Å². The van der Waals surface area contributed by atoms with Crippen molar-refractivity contribution in [2.75, 3.05) is 12.4 Å². The van der Waals surface area contributed by atoms with E-state index in [1.165, 1.54) is 26.2 Å². The number of aryl methyl sites for hydroxylation is 2. The fraction of sp³-hybridized carbons (Fsp3) is 0.278. The number of nitrogens with one attached hydrogen (secondary N) is 2. The maximum absolute atomic E-state index is 12.5. The zero-order valence-electron chi connectivity index (χ0n) is 15.0. The zero-order chi connectivity index (χ0) is 19.5. The fourth-order valence-corrected chi connectivity index (χ4v) is 3.90. The minimum atomic E-state index is -3.85. The predicted molar refractivity (Wildman–Crippen MR) is 102 cm³/mol. The third kappa shape index (κ3) is 4.75. The van der Waals surface area contributed by atoms with Gasteiger partial charge in [0.1, 0.15) is 5.75 Å². The number of rotatable bonds is 6. The molecule has 1 unspecified atom stereocenters. The van der Waals surface area contributed by atoms with Crippen LogP contribution in [0, 0.1) is 13.8 Å². The maximum atomic E-state index is 12.5. The van der Waals surface area contributed by atoms with Crippen LogP contribution < -0.4 is 14.8 Å². The van der Waals surface area contributed by atoms with E-state index in [0.29, 0.717) is 22.0 Å². The molecule has 0 aromatic heterocycles. The van der Waals surface area contributed by atoms with E-state index < -0.39 is 22.0 Å².